The maximum absolute atomic E-state index is 7.25. The van der Waals surface area contributed by atoms with E-state index in [0.29, 0.717) is 18.2 Å². The van der Waals surface area contributed by atoms with Gasteiger partial charge in [0.25, 0.3) is 0 Å². The van der Waals surface area contributed by atoms with E-state index in [0.717, 1.165) is 12.2 Å². The van der Waals surface area contributed by atoms with Crippen molar-refractivity contribution in [2.75, 3.05) is 6.61 Å². The van der Waals surface area contributed by atoms with Crippen LogP contribution < -0.4 is 5.73 Å². The van der Waals surface area contributed by atoms with Gasteiger partial charge in [-0.1, -0.05) is 13.8 Å². The third-order valence-electron chi connectivity index (χ3n) is 1.82. The first-order valence-corrected chi connectivity index (χ1v) is 4.96. The molecule has 0 aliphatic rings. The molecule has 0 atom stereocenters. The molecule has 1 aromatic rings. The Bertz CT molecular complexity index is 336. The lowest BCUT2D eigenvalue weighted by Crippen LogP contribution is -2.13. The predicted molar refractivity (Wildman–Crippen MR) is 59.7 cm³/mol. The summed E-state index contributed by atoms with van der Waals surface area (Å²) in [7, 11) is 0. The van der Waals surface area contributed by atoms with Crippen LogP contribution in [0.3, 0.4) is 0 Å². The highest BCUT2D eigenvalue weighted by Gasteiger charge is 2.00. The van der Waals surface area contributed by atoms with Crippen LogP contribution in [-0.2, 0) is 11.3 Å². The summed E-state index contributed by atoms with van der Waals surface area (Å²) in [6.45, 7) is 5.49. The van der Waals surface area contributed by atoms with Crippen molar-refractivity contribution in [3.8, 4) is 0 Å². The quantitative estimate of drug-likeness (QED) is 0.568. The minimum Gasteiger partial charge on any atom is -0.382 e. The fraction of sp³-hybridized carbons (Fsp3) is 0.455. The van der Waals surface area contributed by atoms with Gasteiger partial charge in [-0.15, -0.1) is 0 Å². The van der Waals surface area contributed by atoms with E-state index in [4.69, 9.17) is 15.9 Å². The van der Waals surface area contributed by atoms with Gasteiger partial charge >= 0.3 is 0 Å². The summed E-state index contributed by atoms with van der Waals surface area (Å²) in [5, 5.41) is 7.25. The Kier molecular flexibility index (Phi) is 4.24. The van der Waals surface area contributed by atoms with Gasteiger partial charge in [0.15, 0.2) is 0 Å². The molecule has 82 valence electrons. The lowest BCUT2D eigenvalue weighted by atomic mass is 10.2. The van der Waals surface area contributed by atoms with Gasteiger partial charge in [0.2, 0.25) is 0 Å². The third-order valence-corrected chi connectivity index (χ3v) is 1.82. The second-order valence-corrected chi connectivity index (χ2v) is 3.87. The Labute approximate surface area is 90.0 Å². The molecule has 0 spiro atoms. The van der Waals surface area contributed by atoms with Crippen molar-refractivity contribution in [1.29, 1.82) is 5.41 Å². The van der Waals surface area contributed by atoms with E-state index in [1.54, 1.807) is 12.3 Å². The van der Waals surface area contributed by atoms with Crippen molar-refractivity contribution in [2.24, 2.45) is 11.7 Å². The zero-order chi connectivity index (χ0) is 11.3. The zero-order valence-corrected chi connectivity index (χ0v) is 9.16. The normalized spacial score (nSPS) is 10.6. The number of hydrogen-bond donors (Lipinski definition) is 2. The van der Waals surface area contributed by atoms with Crippen LogP contribution in [0, 0.1) is 11.3 Å². The van der Waals surface area contributed by atoms with E-state index in [-0.39, 0.29) is 5.84 Å². The van der Waals surface area contributed by atoms with E-state index in [1.165, 1.54) is 0 Å². The van der Waals surface area contributed by atoms with Crippen molar-refractivity contribution in [3.05, 3.63) is 29.6 Å². The standard InChI is InChI=1S/C11H17N3O/c1-8(2)6-15-7-9-3-4-14-10(5-9)11(12)13/h3-5,8H,6-7H2,1-2H3,(H3,12,13). The molecule has 0 bridgehead atoms. The molecule has 1 aromatic heterocycles. The van der Waals surface area contributed by atoms with Crippen molar-refractivity contribution >= 4 is 5.84 Å². The SMILES string of the molecule is CC(C)COCc1ccnc(C(=N)N)c1. The van der Waals surface area contributed by atoms with E-state index >= 15 is 0 Å². The Morgan fingerprint density at radius 2 is 2.33 bits per heavy atom. The Hall–Kier alpha value is -1.42. The number of nitrogens with one attached hydrogen (secondary N) is 1. The summed E-state index contributed by atoms with van der Waals surface area (Å²) < 4.78 is 5.48. The summed E-state index contributed by atoms with van der Waals surface area (Å²) in [6.07, 6.45) is 1.64. The largest absolute Gasteiger partial charge is 0.382 e. The Morgan fingerprint density at radius 1 is 1.60 bits per heavy atom. The fourth-order valence-corrected chi connectivity index (χ4v) is 1.12. The molecule has 3 N–H and O–H groups in total. The van der Waals surface area contributed by atoms with Crippen molar-refractivity contribution < 1.29 is 4.74 Å². The van der Waals surface area contributed by atoms with Crippen LogP contribution in [0.15, 0.2) is 18.3 Å². The first-order valence-electron chi connectivity index (χ1n) is 4.96. The van der Waals surface area contributed by atoms with Gasteiger partial charge < -0.3 is 10.5 Å². The van der Waals surface area contributed by atoms with Crippen LogP contribution >= 0.6 is 0 Å². The minimum atomic E-state index is -0.0132. The van der Waals surface area contributed by atoms with Crippen molar-refractivity contribution in [2.45, 2.75) is 20.5 Å². The maximum Gasteiger partial charge on any atom is 0.141 e. The highest BCUT2D eigenvalue weighted by Crippen LogP contribution is 2.04. The van der Waals surface area contributed by atoms with Gasteiger partial charge in [0, 0.05) is 12.8 Å². The number of pyridine rings is 1. The summed E-state index contributed by atoms with van der Waals surface area (Å²) >= 11 is 0. The maximum atomic E-state index is 7.25. The molecule has 0 aromatic carbocycles. The molecular weight excluding hydrogens is 190 g/mol. The van der Waals surface area contributed by atoms with E-state index in [2.05, 4.69) is 18.8 Å². The number of rotatable bonds is 5. The molecule has 0 fully saturated rings. The lowest BCUT2D eigenvalue weighted by molar-refractivity contribution is 0.0970. The monoisotopic (exact) mass is 207 g/mol. The first kappa shape index (κ1) is 11.7. The molecule has 4 heteroatoms. The first-order chi connectivity index (χ1) is 7.09. The van der Waals surface area contributed by atoms with E-state index in [1.807, 2.05) is 6.07 Å². The molecule has 1 heterocycles. The number of hydrogen-bond acceptors (Lipinski definition) is 3. The molecule has 0 aliphatic heterocycles. The van der Waals surface area contributed by atoms with Crippen LogP contribution in [-0.4, -0.2) is 17.4 Å². The predicted octanol–water partition coefficient (Wildman–Crippen LogP) is 1.54. The molecule has 1 rings (SSSR count). The Balaban J connectivity index is 2.54. The van der Waals surface area contributed by atoms with Gasteiger partial charge in [0.1, 0.15) is 11.5 Å². The highest BCUT2D eigenvalue weighted by atomic mass is 16.5. The second-order valence-electron chi connectivity index (χ2n) is 3.87. The minimum absolute atomic E-state index is 0.0132. The zero-order valence-electron chi connectivity index (χ0n) is 9.16. The van der Waals surface area contributed by atoms with Crippen molar-refractivity contribution in [3.63, 3.8) is 0 Å². The van der Waals surface area contributed by atoms with Gasteiger partial charge in [-0.3, -0.25) is 10.4 Å². The fourth-order valence-electron chi connectivity index (χ4n) is 1.12. The molecule has 0 amide bonds. The van der Waals surface area contributed by atoms with Gasteiger partial charge in [-0.25, -0.2) is 0 Å². The van der Waals surface area contributed by atoms with Crippen LogP contribution in [0.2, 0.25) is 0 Å². The number of nitrogens with zero attached hydrogens (tertiary/aromatic N) is 1. The number of nitrogens with two attached hydrogens (primary N) is 1. The molecule has 0 aliphatic carbocycles. The third kappa shape index (κ3) is 4.08. The second kappa shape index (κ2) is 5.46. The molecular formula is C11H17N3O. The average molecular weight is 207 g/mol. The summed E-state index contributed by atoms with van der Waals surface area (Å²) in [6, 6.07) is 3.65. The number of ether oxygens (including phenoxy) is 1. The Morgan fingerprint density at radius 3 is 2.93 bits per heavy atom. The smallest absolute Gasteiger partial charge is 0.141 e. The molecule has 0 saturated heterocycles. The summed E-state index contributed by atoms with van der Waals surface area (Å²) in [5.41, 5.74) is 6.84. The van der Waals surface area contributed by atoms with Gasteiger partial charge in [-0.2, -0.15) is 0 Å². The van der Waals surface area contributed by atoms with Crippen LogP contribution in [0.1, 0.15) is 25.1 Å². The summed E-state index contributed by atoms with van der Waals surface area (Å²) in [5.74, 6) is 0.514. The van der Waals surface area contributed by atoms with E-state index < -0.39 is 0 Å². The molecule has 0 radical (unpaired) electrons. The number of aromatic nitrogens is 1. The van der Waals surface area contributed by atoms with Crippen LogP contribution in [0.5, 0.6) is 0 Å². The van der Waals surface area contributed by atoms with Gasteiger partial charge in [-0.05, 0) is 23.6 Å². The summed E-state index contributed by atoms with van der Waals surface area (Å²) in [4.78, 5) is 3.98. The topological polar surface area (TPSA) is 72.0 Å². The van der Waals surface area contributed by atoms with Crippen LogP contribution in [0.25, 0.3) is 0 Å². The van der Waals surface area contributed by atoms with Gasteiger partial charge in [0.05, 0.1) is 6.61 Å². The molecule has 15 heavy (non-hydrogen) atoms. The molecule has 0 saturated carbocycles. The molecule has 0 unspecified atom stereocenters. The van der Waals surface area contributed by atoms with Crippen LogP contribution in [0.4, 0.5) is 0 Å². The average Bonchev–Trinajstić information content (AvgIpc) is 2.17. The lowest BCUT2D eigenvalue weighted by Gasteiger charge is -2.07. The molecule has 4 nitrogen and oxygen atoms in total. The number of nitrogen functional groups attached to an aromatic ring is 1. The van der Waals surface area contributed by atoms with E-state index in [9.17, 15) is 0 Å². The highest BCUT2D eigenvalue weighted by molar-refractivity contribution is 5.93. The van der Waals surface area contributed by atoms with Crippen molar-refractivity contribution in [1.82, 2.24) is 4.98 Å². The number of amidine groups is 1.